The van der Waals surface area contributed by atoms with Gasteiger partial charge in [-0.05, 0) is 61.2 Å². The number of Topliss-reactive ketones (excluding diaryl/α,β-unsaturated/α-hetero) is 1. The first kappa shape index (κ1) is 25.0. The number of sulfone groups is 1. The van der Waals surface area contributed by atoms with E-state index < -0.39 is 27.0 Å². The van der Waals surface area contributed by atoms with Crippen LogP contribution in [0.2, 0.25) is 5.02 Å². The molecule has 3 aromatic rings. The summed E-state index contributed by atoms with van der Waals surface area (Å²) in [6, 6.07) is 14.0. The third kappa shape index (κ3) is 4.86. The van der Waals surface area contributed by atoms with Crippen LogP contribution in [0.4, 0.5) is 10.2 Å². The van der Waals surface area contributed by atoms with Crippen molar-refractivity contribution in [3.05, 3.63) is 87.8 Å². The third-order valence-electron chi connectivity index (χ3n) is 6.43. The maximum atomic E-state index is 14.4. The number of aryl methyl sites for hydroxylation is 1. The van der Waals surface area contributed by atoms with Gasteiger partial charge in [-0.1, -0.05) is 42.8 Å². The van der Waals surface area contributed by atoms with Gasteiger partial charge in [0, 0.05) is 10.6 Å². The van der Waals surface area contributed by atoms with Crippen molar-refractivity contribution >= 4 is 38.9 Å². The van der Waals surface area contributed by atoms with Crippen LogP contribution < -0.4 is 5.32 Å². The minimum Gasteiger partial charge on any atom is -0.310 e. The zero-order chi connectivity index (χ0) is 25.4. The summed E-state index contributed by atoms with van der Waals surface area (Å²) >= 11 is 6.37. The summed E-state index contributed by atoms with van der Waals surface area (Å²) in [4.78, 5) is 30.2. The fourth-order valence-electron chi connectivity index (χ4n) is 4.30. The van der Waals surface area contributed by atoms with E-state index in [9.17, 15) is 22.4 Å². The van der Waals surface area contributed by atoms with Gasteiger partial charge < -0.3 is 5.32 Å². The standard InChI is InChI=1S/C26H24ClFN2O4S/c1-3-35(33,34)17-9-8-16(21(28)15-17)14-24(31)30-23-11-10-18-22(29-23)12-13-26(2,25(18)32)19-6-4-5-7-20(19)27/h4-11,15H,3,12-14H2,1-2H3,(H,29,30,31). The van der Waals surface area contributed by atoms with E-state index in [0.29, 0.717) is 29.1 Å². The van der Waals surface area contributed by atoms with Crippen LogP contribution in [-0.2, 0) is 32.9 Å². The molecule has 0 fully saturated rings. The lowest BCUT2D eigenvalue weighted by Gasteiger charge is -2.34. The molecule has 0 saturated heterocycles. The Kier molecular flexibility index (Phi) is 6.79. The number of aromatic nitrogens is 1. The first-order valence-corrected chi connectivity index (χ1v) is 13.2. The maximum Gasteiger partial charge on any atom is 0.230 e. The van der Waals surface area contributed by atoms with Crippen molar-refractivity contribution < 1.29 is 22.4 Å². The Morgan fingerprint density at radius 3 is 2.60 bits per heavy atom. The van der Waals surface area contributed by atoms with Gasteiger partial charge in [-0.2, -0.15) is 0 Å². The Labute approximate surface area is 208 Å². The molecular weight excluding hydrogens is 491 g/mol. The average molecular weight is 515 g/mol. The summed E-state index contributed by atoms with van der Waals surface area (Å²) in [6.45, 7) is 3.35. The Hall–Kier alpha value is -3.10. The quantitative estimate of drug-likeness (QED) is 0.503. The number of hydrogen-bond acceptors (Lipinski definition) is 5. The highest BCUT2D eigenvalue weighted by Crippen LogP contribution is 2.40. The van der Waals surface area contributed by atoms with Crippen molar-refractivity contribution in [2.75, 3.05) is 11.1 Å². The van der Waals surface area contributed by atoms with E-state index in [0.717, 1.165) is 11.6 Å². The lowest BCUT2D eigenvalue weighted by molar-refractivity contribution is -0.115. The molecule has 182 valence electrons. The summed E-state index contributed by atoms with van der Waals surface area (Å²) in [5, 5.41) is 3.17. The lowest BCUT2D eigenvalue weighted by Crippen LogP contribution is -2.38. The molecule has 0 spiro atoms. The smallest absolute Gasteiger partial charge is 0.230 e. The summed E-state index contributed by atoms with van der Waals surface area (Å²) in [7, 11) is -3.54. The van der Waals surface area contributed by atoms with E-state index in [-0.39, 0.29) is 34.2 Å². The van der Waals surface area contributed by atoms with E-state index in [2.05, 4.69) is 10.3 Å². The fraction of sp³-hybridized carbons (Fsp3) is 0.269. The monoisotopic (exact) mass is 514 g/mol. The number of fused-ring (bicyclic) bond motifs is 1. The van der Waals surface area contributed by atoms with E-state index >= 15 is 0 Å². The van der Waals surface area contributed by atoms with E-state index in [1.807, 2.05) is 25.1 Å². The molecule has 9 heteroatoms. The van der Waals surface area contributed by atoms with Crippen LogP contribution in [0, 0.1) is 5.82 Å². The number of carbonyl (C=O) groups excluding carboxylic acids is 2. The number of anilines is 1. The van der Waals surface area contributed by atoms with Gasteiger partial charge in [0.25, 0.3) is 0 Å². The van der Waals surface area contributed by atoms with Crippen LogP contribution in [0.5, 0.6) is 0 Å². The predicted molar refractivity (Wildman–Crippen MR) is 132 cm³/mol. The van der Waals surface area contributed by atoms with E-state index in [1.165, 1.54) is 19.1 Å². The molecule has 0 bridgehead atoms. The molecule has 1 aliphatic carbocycles. The Bertz CT molecular complexity index is 1440. The van der Waals surface area contributed by atoms with Crippen molar-refractivity contribution in [2.45, 2.75) is 43.4 Å². The van der Waals surface area contributed by atoms with Crippen molar-refractivity contribution in [1.82, 2.24) is 4.98 Å². The number of ketones is 1. The molecule has 0 saturated carbocycles. The molecule has 6 nitrogen and oxygen atoms in total. The SMILES string of the molecule is CCS(=O)(=O)c1ccc(CC(=O)Nc2ccc3c(n2)CCC(C)(c2ccccc2Cl)C3=O)c(F)c1. The van der Waals surface area contributed by atoms with Crippen molar-refractivity contribution in [3.8, 4) is 0 Å². The minimum atomic E-state index is -3.54. The van der Waals surface area contributed by atoms with Gasteiger partial charge in [-0.15, -0.1) is 0 Å². The van der Waals surface area contributed by atoms with Gasteiger partial charge in [0.2, 0.25) is 5.91 Å². The minimum absolute atomic E-state index is 0.0706. The molecule has 4 rings (SSSR count). The predicted octanol–water partition coefficient (Wildman–Crippen LogP) is 4.94. The number of nitrogens with zero attached hydrogens (tertiary/aromatic N) is 1. The molecule has 1 heterocycles. The molecule has 0 radical (unpaired) electrons. The molecule has 0 aliphatic heterocycles. The van der Waals surface area contributed by atoms with Gasteiger partial charge in [0.05, 0.1) is 28.2 Å². The number of halogens is 2. The highest BCUT2D eigenvalue weighted by atomic mass is 35.5. The van der Waals surface area contributed by atoms with Crippen LogP contribution >= 0.6 is 11.6 Å². The summed E-state index contributed by atoms with van der Waals surface area (Å²) in [5.74, 6) is -1.24. The number of carbonyl (C=O) groups is 2. The number of nitrogens with one attached hydrogen (secondary N) is 1. The number of hydrogen-bond donors (Lipinski definition) is 1. The normalized spacial score (nSPS) is 17.7. The van der Waals surface area contributed by atoms with E-state index in [4.69, 9.17) is 11.6 Å². The Morgan fingerprint density at radius 1 is 1.17 bits per heavy atom. The highest BCUT2D eigenvalue weighted by molar-refractivity contribution is 7.91. The summed E-state index contributed by atoms with van der Waals surface area (Å²) < 4.78 is 38.3. The number of rotatable bonds is 6. The van der Waals surface area contributed by atoms with E-state index in [1.54, 1.807) is 18.2 Å². The largest absolute Gasteiger partial charge is 0.310 e. The molecule has 1 amide bonds. The number of pyridine rings is 1. The molecule has 1 aliphatic rings. The molecule has 1 atom stereocenters. The second-order valence-corrected chi connectivity index (χ2v) is 11.4. The highest BCUT2D eigenvalue weighted by Gasteiger charge is 2.41. The van der Waals surface area contributed by atoms with Crippen LogP contribution in [0.25, 0.3) is 0 Å². The number of amides is 1. The summed E-state index contributed by atoms with van der Waals surface area (Å²) in [6.07, 6.45) is 0.750. The van der Waals surface area contributed by atoms with Crippen molar-refractivity contribution in [3.63, 3.8) is 0 Å². The first-order valence-electron chi connectivity index (χ1n) is 11.2. The second kappa shape index (κ2) is 9.51. The fourth-order valence-corrected chi connectivity index (χ4v) is 5.54. The van der Waals surface area contributed by atoms with Crippen LogP contribution in [0.1, 0.15) is 47.4 Å². The third-order valence-corrected chi connectivity index (χ3v) is 8.49. The zero-order valence-corrected chi connectivity index (χ0v) is 20.8. The average Bonchev–Trinajstić information content (AvgIpc) is 2.83. The lowest BCUT2D eigenvalue weighted by atomic mass is 9.69. The Balaban J connectivity index is 1.50. The maximum absolute atomic E-state index is 14.4. The second-order valence-electron chi connectivity index (χ2n) is 8.71. The molecule has 35 heavy (non-hydrogen) atoms. The molecule has 1 N–H and O–H groups in total. The molecular formula is C26H24ClFN2O4S. The van der Waals surface area contributed by atoms with Crippen LogP contribution in [0.3, 0.4) is 0 Å². The van der Waals surface area contributed by atoms with Gasteiger partial charge in [-0.25, -0.2) is 17.8 Å². The van der Waals surface area contributed by atoms with Gasteiger partial charge in [-0.3, -0.25) is 9.59 Å². The zero-order valence-electron chi connectivity index (χ0n) is 19.3. The first-order chi connectivity index (χ1) is 16.5. The topological polar surface area (TPSA) is 93.2 Å². The summed E-state index contributed by atoms with van der Waals surface area (Å²) in [5.41, 5.74) is 1.14. The van der Waals surface area contributed by atoms with Crippen LogP contribution in [0.15, 0.2) is 59.5 Å². The Morgan fingerprint density at radius 2 is 1.91 bits per heavy atom. The molecule has 1 aromatic heterocycles. The van der Waals surface area contributed by atoms with Crippen LogP contribution in [-0.4, -0.2) is 30.8 Å². The van der Waals surface area contributed by atoms with Crippen molar-refractivity contribution in [1.29, 1.82) is 0 Å². The molecule has 1 unspecified atom stereocenters. The number of benzene rings is 2. The van der Waals surface area contributed by atoms with Gasteiger partial charge in [0.15, 0.2) is 15.6 Å². The molecule has 2 aromatic carbocycles. The van der Waals surface area contributed by atoms with Gasteiger partial charge >= 0.3 is 0 Å². The van der Waals surface area contributed by atoms with Crippen molar-refractivity contribution in [2.24, 2.45) is 0 Å². The van der Waals surface area contributed by atoms with Gasteiger partial charge in [0.1, 0.15) is 11.6 Å².